The van der Waals surface area contributed by atoms with Crippen LogP contribution in [0.15, 0.2) is 61.1 Å². The maximum absolute atomic E-state index is 5.41. The Kier molecular flexibility index (Phi) is 5.34. The Morgan fingerprint density at radius 1 is 1.11 bits per heavy atom. The maximum Gasteiger partial charge on any atom is 0.183 e. The van der Waals surface area contributed by atoms with E-state index < -0.39 is 0 Å². The van der Waals surface area contributed by atoms with Crippen molar-refractivity contribution in [2.45, 2.75) is 20.0 Å². The number of hydrogen-bond donors (Lipinski definition) is 1. The molecule has 0 radical (unpaired) electrons. The molecule has 1 aromatic carbocycles. The Morgan fingerprint density at radius 2 is 1.93 bits per heavy atom. The average molecular weight is 392 g/mol. The number of ether oxygens (including phenoxy) is 1. The minimum Gasteiger partial charge on any atom is -0.496 e. The molecule has 7 heteroatoms. The number of methoxy groups -OCH3 is 1. The number of nitrogens with zero attached hydrogens (tertiary/aromatic N) is 4. The molecule has 0 aliphatic heterocycles. The Hall–Kier alpha value is -3.19. The SMILES string of the molecule is COc1ccccc1CNc1nc(C)c(-c2ccn(Cc3ccncc3)n2)s1. The molecule has 0 aliphatic carbocycles. The topological polar surface area (TPSA) is 64.9 Å². The van der Waals surface area contributed by atoms with Crippen LogP contribution in [0.4, 0.5) is 5.13 Å². The van der Waals surface area contributed by atoms with Crippen LogP contribution in [-0.4, -0.2) is 26.9 Å². The van der Waals surface area contributed by atoms with Crippen molar-refractivity contribution in [2.75, 3.05) is 12.4 Å². The third kappa shape index (κ3) is 4.04. The Balaban J connectivity index is 1.47. The number of para-hydroxylation sites is 1. The summed E-state index contributed by atoms with van der Waals surface area (Å²) in [5.41, 5.74) is 4.18. The molecule has 0 aliphatic rings. The zero-order valence-corrected chi connectivity index (χ0v) is 16.6. The summed E-state index contributed by atoms with van der Waals surface area (Å²) >= 11 is 1.62. The van der Waals surface area contributed by atoms with Crippen LogP contribution in [0.5, 0.6) is 5.75 Å². The van der Waals surface area contributed by atoms with Crippen LogP contribution in [0, 0.1) is 6.92 Å². The molecule has 0 amide bonds. The molecule has 3 aromatic heterocycles. The lowest BCUT2D eigenvalue weighted by molar-refractivity contribution is 0.410. The van der Waals surface area contributed by atoms with Crippen molar-refractivity contribution >= 4 is 16.5 Å². The Labute approximate surface area is 167 Å². The second kappa shape index (κ2) is 8.22. The van der Waals surface area contributed by atoms with Gasteiger partial charge < -0.3 is 10.1 Å². The summed E-state index contributed by atoms with van der Waals surface area (Å²) in [6, 6.07) is 14.0. The number of hydrogen-bond acceptors (Lipinski definition) is 6. The number of aromatic nitrogens is 4. The van der Waals surface area contributed by atoms with Gasteiger partial charge in [0.15, 0.2) is 5.13 Å². The highest BCUT2D eigenvalue weighted by atomic mass is 32.1. The first-order chi connectivity index (χ1) is 13.7. The maximum atomic E-state index is 5.41. The lowest BCUT2D eigenvalue weighted by atomic mass is 10.2. The molecular formula is C21H21N5OS. The molecule has 0 spiro atoms. The molecule has 28 heavy (non-hydrogen) atoms. The highest BCUT2D eigenvalue weighted by Gasteiger charge is 2.13. The van der Waals surface area contributed by atoms with Crippen molar-refractivity contribution < 1.29 is 4.74 Å². The number of nitrogens with one attached hydrogen (secondary N) is 1. The van der Waals surface area contributed by atoms with Crippen molar-refractivity contribution in [2.24, 2.45) is 0 Å². The van der Waals surface area contributed by atoms with E-state index in [1.807, 2.05) is 60.3 Å². The van der Waals surface area contributed by atoms with Crippen molar-refractivity contribution in [3.63, 3.8) is 0 Å². The zero-order chi connectivity index (χ0) is 19.3. The van der Waals surface area contributed by atoms with E-state index >= 15 is 0 Å². The van der Waals surface area contributed by atoms with E-state index in [9.17, 15) is 0 Å². The first-order valence-corrected chi connectivity index (χ1v) is 9.80. The molecule has 0 saturated heterocycles. The third-order valence-electron chi connectivity index (χ3n) is 4.39. The van der Waals surface area contributed by atoms with Gasteiger partial charge in [-0.2, -0.15) is 5.10 Å². The second-order valence-corrected chi connectivity index (χ2v) is 7.35. The van der Waals surface area contributed by atoms with E-state index in [0.29, 0.717) is 6.54 Å². The molecule has 142 valence electrons. The van der Waals surface area contributed by atoms with Crippen molar-refractivity contribution in [3.8, 4) is 16.3 Å². The first kappa shape index (κ1) is 18.2. The molecule has 0 atom stereocenters. The highest BCUT2D eigenvalue weighted by molar-refractivity contribution is 7.19. The number of anilines is 1. The summed E-state index contributed by atoms with van der Waals surface area (Å²) < 4.78 is 7.35. The van der Waals surface area contributed by atoms with Crippen molar-refractivity contribution in [1.29, 1.82) is 0 Å². The van der Waals surface area contributed by atoms with E-state index in [4.69, 9.17) is 9.84 Å². The molecule has 0 bridgehead atoms. The van der Waals surface area contributed by atoms with Crippen LogP contribution < -0.4 is 10.1 Å². The molecule has 1 N–H and O–H groups in total. The zero-order valence-electron chi connectivity index (χ0n) is 15.8. The number of rotatable bonds is 7. The fraction of sp³-hybridized carbons (Fsp3) is 0.190. The Bertz CT molecular complexity index is 1060. The summed E-state index contributed by atoms with van der Waals surface area (Å²) in [5, 5.41) is 8.99. The highest BCUT2D eigenvalue weighted by Crippen LogP contribution is 2.32. The lowest BCUT2D eigenvalue weighted by Gasteiger charge is -2.08. The van der Waals surface area contributed by atoms with Crippen LogP contribution in [-0.2, 0) is 13.1 Å². The van der Waals surface area contributed by atoms with E-state index in [1.54, 1.807) is 30.8 Å². The first-order valence-electron chi connectivity index (χ1n) is 8.99. The average Bonchev–Trinajstić information content (AvgIpc) is 3.33. The lowest BCUT2D eigenvalue weighted by Crippen LogP contribution is -2.01. The third-order valence-corrected chi connectivity index (χ3v) is 5.52. The monoisotopic (exact) mass is 391 g/mol. The fourth-order valence-electron chi connectivity index (χ4n) is 2.98. The van der Waals surface area contributed by atoms with E-state index in [1.165, 1.54) is 5.56 Å². The van der Waals surface area contributed by atoms with Crippen LogP contribution in [0.25, 0.3) is 10.6 Å². The molecule has 4 rings (SSSR count). The summed E-state index contributed by atoms with van der Waals surface area (Å²) in [5.74, 6) is 0.873. The molecule has 0 saturated carbocycles. The summed E-state index contributed by atoms with van der Waals surface area (Å²) in [7, 11) is 1.69. The summed E-state index contributed by atoms with van der Waals surface area (Å²) in [4.78, 5) is 9.79. The minimum atomic E-state index is 0.660. The number of aryl methyl sites for hydroxylation is 1. The predicted molar refractivity (Wildman–Crippen MR) is 112 cm³/mol. The van der Waals surface area contributed by atoms with Gasteiger partial charge in [-0.05, 0) is 36.8 Å². The minimum absolute atomic E-state index is 0.660. The molecular weight excluding hydrogens is 370 g/mol. The fourth-order valence-corrected chi connectivity index (χ4v) is 3.90. The van der Waals surface area contributed by atoms with Gasteiger partial charge in [0, 0.05) is 30.7 Å². The van der Waals surface area contributed by atoms with Crippen molar-refractivity contribution in [3.05, 3.63) is 77.9 Å². The largest absolute Gasteiger partial charge is 0.496 e. The van der Waals surface area contributed by atoms with Crippen LogP contribution in [0.1, 0.15) is 16.8 Å². The van der Waals surface area contributed by atoms with Gasteiger partial charge in [-0.3, -0.25) is 9.67 Å². The van der Waals surface area contributed by atoms with Crippen LogP contribution in [0.3, 0.4) is 0 Å². The Morgan fingerprint density at radius 3 is 2.75 bits per heavy atom. The van der Waals surface area contributed by atoms with Gasteiger partial charge >= 0.3 is 0 Å². The smallest absolute Gasteiger partial charge is 0.183 e. The van der Waals surface area contributed by atoms with Crippen molar-refractivity contribution in [1.82, 2.24) is 19.7 Å². The predicted octanol–water partition coefficient (Wildman–Crippen LogP) is 4.38. The van der Waals surface area contributed by atoms with Gasteiger partial charge in [0.25, 0.3) is 0 Å². The van der Waals surface area contributed by atoms with Gasteiger partial charge in [-0.1, -0.05) is 29.5 Å². The van der Waals surface area contributed by atoms with Gasteiger partial charge in [0.05, 0.1) is 24.2 Å². The summed E-state index contributed by atoms with van der Waals surface area (Å²) in [6.07, 6.45) is 5.59. The second-order valence-electron chi connectivity index (χ2n) is 6.35. The number of thiazole rings is 1. The summed E-state index contributed by atoms with van der Waals surface area (Å²) in [6.45, 7) is 3.40. The number of pyridine rings is 1. The van der Waals surface area contributed by atoms with Gasteiger partial charge in [-0.25, -0.2) is 4.98 Å². The standard InChI is InChI=1S/C21H21N5OS/c1-15-20(18-9-12-26(25-18)14-16-7-10-22-11-8-16)28-21(24-15)23-13-17-5-3-4-6-19(17)27-2/h3-12H,13-14H2,1-2H3,(H,23,24). The van der Waals surface area contributed by atoms with E-state index in [2.05, 4.69) is 15.3 Å². The van der Waals surface area contributed by atoms with Gasteiger partial charge in [0.1, 0.15) is 11.4 Å². The molecule has 4 aromatic rings. The van der Waals surface area contributed by atoms with Crippen LogP contribution >= 0.6 is 11.3 Å². The van der Waals surface area contributed by atoms with Gasteiger partial charge in [0.2, 0.25) is 0 Å². The van der Waals surface area contributed by atoms with E-state index in [-0.39, 0.29) is 0 Å². The van der Waals surface area contributed by atoms with E-state index in [0.717, 1.165) is 39.3 Å². The normalized spacial score (nSPS) is 10.8. The van der Waals surface area contributed by atoms with Crippen LogP contribution in [0.2, 0.25) is 0 Å². The number of benzene rings is 1. The quantitative estimate of drug-likeness (QED) is 0.506. The molecule has 3 heterocycles. The molecule has 0 fully saturated rings. The molecule has 6 nitrogen and oxygen atoms in total. The van der Waals surface area contributed by atoms with Gasteiger partial charge in [-0.15, -0.1) is 0 Å². The molecule has 0 unspecified atom stereocenters.